The van der Waals surface area contributed by atoms with E-state index in [1.54, 1.807) is 0 Å². The van der Waals surface area contributed by atoms with Crippen molar-refractivity contribution in [1.29, 1.82) is 0 Å². The van der Waals surface area contributed by atoms with Gasteiger partial charge in [0.05, 0.1) is 5.52 Å². The highest BCUT2D eigenvalue weighted by molar-refractivity contribution is 5.90. The number of para-hydroxylation sites is 1. The van der Waals surface area contributed by atoms with Crippen LogP contribution in [-0.2, 0) is 6.54 Å². The lowest BCUT2D eigenvalue weighted by atomic mass is 10.1. The monoisotopic (exact) mass is 423 g/mol. The molecule has 1 fully saturated rings. The fourth-order valence-corrected chi connectivity index (χ4v) is 4.29. The van der Waals surface area contributed by atoms with E-state index in [1.165, 1.54) is 11.1 Å². The second-order valence-corrected chi connectivity index (χ2v) is 8.41. The second kappa shape index (κ2) is 9.37. The molecule has 4 aromatic rings. The third-order valence-corrected chi connectivity index (χ3v) is 6.15. The number of rotatable bonds is 6. The van der Waals surface area contributed by atoms with Crippen LogP contribution >= 0.6 is 0 Å². The van der Waals surface area contributed by atoms with E-state index in [-0.39, 0.29) is 6.04 Å². The quantitative estimate of drug-likeness (QED) is 0.466. The predicted molar refractivity (Wildman–Crippen MR) is 132 cm³/mol. The third kappa shape index (κ3) is 4.58. The van der Waals surface area contributed by atoms with E-state index < -0.39 is 0 Å². The molecule has 1 N–H and O–H groups in total. The van der Waals surface area contributed by atoms with Gasteiger partial charge in [0.2, 0.25) is 5.95 Å². The maximum absolute atomic E-state index is 4.98. The summed E-state index contributed by atoms with van der Waals surface area (Å²) in [6.45, 7) is 7.04. The lowest BCUT2D eigenvalue weighted by Gasteiger charge is -2.35. The number of nitrogens with zero attached hydrogens (tertiary/aromatic N) is 4. The lowest BCUT2D eigenvalue weighted by molar-refractivity contribution is 0.249. The fraction of sp³-hybridized carbons (Fsp3) is 0.259. The van der Waals surface area contributed by atoms with Crippen LogP contribution in [0.4, 0.5) is 11.8 Å². The number of hydrogen-bond donors (Lipinski definition) is 1. The van der Waals surface area contributed by atoms with Crippen molar-refractivity contribution in [3.8, 4) is 0 Å². The molecule has 0 radical (unpaired) electrons. The molecule has 0 bridgehead atoms. The summed E-state index contributed by atoms with van der Waals surface area (Å²) < 4.78 is 0. The highest BCUT2D eigenvalue weighted by Crippen LogP contribution is 2.27. The van der Waals surface area contributed by atoms with E-state index in [0.717, 1.165) is 55.4 Å². The third-order valence-electron chi connectivity index (χ3n) is 6.15. The zero-order chi connectivity index (χ0) is 21.8. The Labute approximate surface area is 189 Å². The van der Waals surface area contributed by atoms with Crippen molar-refractivity contribution in [3.63, 3.8) is 0 Å². The molecule has 32 heavy (non-hydrogen) atoms. The summed E-state index contributed by atoms with van der Waals surface area (Å²) in [7, 11) is 0. The Kier molecular flexibility index (Phi) is 5.99. The van der Waals surface area contributed by atoms with E-state index in [1.807, 2.05) is 18.2 Å². The molecule has 0 aliphatic carbocycles. The number of fused-ring (bicyclic) bond motifs is 1. The summed E-state index contributed by atoms with van der Waals surface area (Å²) >= 11 is 0. The van der Waals surface area contributed by atoms with Gasteiger partial charge in [-0.1, -0.05) is 72.8 Å². The Bertz CT molecular complexity index is 1150. The van der Waals surface area contributed by atoms with E-state index >= 15 is 0 Å². The first-order chi connectivity index (χ1) is 15.8. The van der Waals surface area contributed by atoms with Gasteiger partial charge in [-0.2, -0.15) is 4.98 Å². The zero-order valence-corrected chi connectivity index (χ0v) is 18.5. The number of piperazine rings is 1. The summed E-state index contributed by atoms with van der Waals surface area (Å²) in [5.41, 5.74) is 3.59. The summed E-state index contributed by atoms with van der Waals surface area (Å²) in [6, 6.07) is 29.6. The van der Waals surface area contributed by atoms with Crippen LogP contribution in [0.15, 0.2) is 84.9 Å². The predicted octanol–water partition coefficient (Wildman–Crippen LogP) is 5.13. The minimum absolute atomic E-state index is 0.157. The summed E-state index contributed by atoms with van der Waals surface area (Å²) in [5.74, 6) is 1.71. The van der Waals surface area contributed by atoms with E-state index in [9.17, 15) is 0 Å². The number of aromatic nitrogens is 2. The van der Waals surface area contributed by atoms with E-state index in [4.69, 9.17) is 9.97 Å². The molecule has 1 aromatic heterocycles. The summed E-state index contributed by atoms with van der Waals surface area (Å²) in [4.78, 5) is 14.7. The molecular weight excluding hydrogens is 394 g/mol. The van der Waals surface area contributed by atoms with Gasteiger partial charge >= 0.3 is 0 Å². The molecule has 5 nitrogen and oxygen atoms in total. The Hall–Kier alpha value is -3.44. The number of nitrogens with one attached hydrogen (secondary N) is 1. The molecule has 0 spiro atoms. The maximum Gasteiger partial charge on any atom is 0.227 e. The molecular formula is C27H29N5. The topological polar surface area (TPSA) is 44.3 Å². The molecule has 3 aromatic carbocycles. The van der Waals surface area contributed by atoms with Crippen LogP contribution in [0.1, 0.15) is 24.1 Å². The molecule has 5 rings (SSSR count). The van der Waals surface area contributed by atoms with E-state index in [0.29, 0.717) is 0 Å². The van der Waals surface area contributed by atoms with Gasteiger partial charge in [0, 0.05) is 44.2 Å². The molecule has 162 valence electrons. The molecule has 1 atom stereocenters. The van der Waals surface area contributed by atoms with Crippen LogP contribution < -0.4 is 10.2 Å². The Morgan fingerprint density at radius 3 is 2.19 bits per heavy atom. The van der Waals surface area contributed by atoms with Gasteiger partial charge in [-0.15, -0.1) is 0 Å². The number of hydrogen-bond acceptors (Lipinski definition) is 5. The van der Waals surface area contributed by atoms with Gasteiger partial charge in [0.25, 0.3) is 0 Å². The van der Waals surface area contributed by atoms with Crippen molar-refractivity contribution in [1.82, 2.24) is 14.9 Å². The molecule has 0 amide bonds. The van der Waals surface area contributed by atoms with Crippen LogP contribution in [-0.4, -0.2) is 41.0 Å². The fourth-order valence-electron chi connectivity index (χ4n) is 4.29. The van der Waals surface area contributed by atoms with Crippen molar-refractivity contribution in [2.45, 2.75) is 19.5 Å². The molecule has 1 unspecified atom stereocenters. The van der Waals surface area contributed by atoms with Gasteiger partial charge in [-0.05, 0) is 30.2 Å². The largest absolute Gasteiger partial charge is 0.363 e. The van der Waals surface area contributed by atoms with Gasteiger partial charge in [-0.3, -0.25) is 4.90 Å². The minimum atomic E-state index is 0.157. The van der Waals surface area contributed by atoms with Gasteiger partial charge in [0.1, 0.15) is 5.82 Å². The van der Waals surface area contributed by atoms with Gasteiger partial charge in [0.15, 0.2) is 0 Å². The number of anilines is 2. The van der Waals surface area contributed by atoms with Gasteiger partial charge < -0.3 is 10.2 Å². The number of benzene rings is 3. The van der Waals surface area contributed by atoms with Crippen LogP contribution in [0.25, 0.3) is 10.9 Å². The van der Waals surface area contributed by atoms with Crippen LogP contribution in [0.2, 0.25) is 0 Å². The average molecular weight is 424 g/mol. The molecule has 1 saturated heterocycles. The van der Waals surface area contributed by atoms with E-state index in [2.05, 4.69) is 88.8 Å². The second-order valence-electron chi connectivity index (χ2n) is 8.41. The van der Waals surface area contributed by atoms with Crippen molar-refractivity contribution in [2.75, 3.05) is 36.4 Å². The molecule has 5 heteroatoms. The molecule has 2 heterocycles. The Morgan fingerprint density at radius 2 is 1.44 bits per heavy atom. The van der Waals surface area contributed by atoms with Crippen molar-refractivity contribution >= 4 is 22.7 Å². The highest BCUT2D eigenvalue weighted by Gasteiger charge is 2.21. The lowest BCUT2D eigenvalue weighted by Crippen LogP contribution is -2.46. The van der Waals surface area contributed by atoms with Crippen molar-refractivity contribution in [3.05, 3.63) is 96.1 Å². The highest BCUT2D eigenvalue weighted by atomic mass is 15.3. The standard InChI is InChI=1S/C27H29N5/c1-21(23-12-6-3-7-13-23)28-26-24-14-8-9-15-25(24)29-27(30-26)32-18-16-31(17-19-32)20-22-10-4-2-5-11-22/h2-15,21H,16-20H2,1H3,(H,28,29,30). The Balaban J connectivity index is 1.34. The Morgan fingerprint density at radius 1 is 0.781 bits per heavy atom. The molecule has 1 aliphatic rings. The SMILES string of the molecule is CC(Nc1nc(N2CCN(Cc3ccccc3)CC2)nc2ccccc12)c1ccccc1. The first-order valence-corrected chi connectivity index (χ1v) is 11.4. The first kappa shape index (κ1) is 20.5. The zero-order valence-electron chi connectivity index (χ0n) is 18.5. The van der Waals surface area contributed by atoms with Crippen LogP contribution in [0.3, 0.4) is 0 Å². The maximum atomic E-state index is 4.98. The van der Waals surface area contributed by atoms with Gasteiger partial charge in [-0.25, -0.2) is 4.98 Å². The smallest absolute Gasteiger partial charge is 0.227 e. The minimum Gasteiger partial charge on any atom is -0.363 e. The molecule has 0 saturated carbocycles. The molecule has 1 aliphatic heterocycles. The summed E-state index contributed by atoms with van der Waals surface area (Å²) in [5, 5.41) is 4.69. The normalized spacial score (nSPS) is 15.6. The van der Waals surface area contributed by atoms with Crippen molar-refractivity contribution in [2.24, 2.45) is 0 Å². The van der Waals surface area contributed by atoms with Crippen LogP contribution in [0, 0.1) is 0 Å². The first-order valence-electron chi connectivity index (χ1n) is 11.4. The average Bonchev–Trinajstić information content (AvgIpc) is 2.85. The van der Waals surface area contributed by atoms with Crippen molar-refractivity contribution < 1.29 is 0 Å². The summed E-state index contributed by atoms with van der Waals surface area (Å²) in [6.07, 6.45) is 0. The van der Waals surface area contributed by atoms with Crippen LogP contribution in [0.5, 0.6) is 0 Å².